The molecule has 3 rings (SSSR count). The number of rotatable bonds is 0. The third kappa shape index (κ3) is 1.58. The molecule has 3 nitrogen and oxygen atoms in total. The summed E-state index contributed by atoms with van der Waals surface area (Å²) in [5.41, 5.74) is 1.27. The van der Waals surface area contributed by atoms with Crippen LogP contribution in [0.3, 0.4) is 0 Å². The largest absolute Gasteiger partial charge is 0.488 e. The highest BCUT2D eigenvalue weighted by Gasteiger charge is 2.23. The first kappa shape index (κ1) is 9.96. The van der Waals surface area contributed by atoms with Gasteiger partial charge in [0.25, 0.3) is 0 Å². The lowest BCUT2D eigenvalue weighted by atomic mass is 10.0. The van der Waals surface area contributed by atoms with Crippen LogP contribution in [-0.4, -0.2) is 10.8 Å². The fraction of sp³-hybridized carbons (Fsp3) is 0.0769. The highest BCUT2D eigenvalue weighted by atomic mass is 19.1. The fourth-order valence-electron chi connectivity index (χ4n) is 1.85. The van der Waals surface area contributed by atoms with Crippen molar-refractivity contribution in [1.82, 2.24) is 4.98 Å². The summed E-state index contributed by atoms with van der Waals surface area (Å²) < 4.78 is 18.6. The minimum absolute atomic E-state index is 0.224. The van der Waals surface area contributed by atoms with Crippen LogP contribution in [-0.2, 0) is 6.61 Å². The molecule has 0 aliphatic carbocycles. The number of hydrogen-bond donors (Lipinski definition) is 0. The van der Waals surface area contributed by atoms with Gasteiger partial charge in [0.15, 0.2) is 0 Å². The van der Waals surface area contributed by atoms with E-state index in [2.05, 4.69) is 4.98 Å². The van der Waals surface area contributed by atoms with Crippen molar-refractivity contribution in [3.8, 4) is 5.75 Å². The number of benzene rings is 1. The van der Waals surface area contributed by atoms with Gasteiger partial charge in [-0.25, -0.2) is 4.39 Å². The molecule has 17 heavy (non-hydrogen) atoms. The molecule has 0 unspecified atom stereocenters. The van der Waals surface area contributed by atoms with E-state index in [9.17, 15) is 9.18 Å². The van der Waals surface area contributed by atoms with Crippen molar-refractivity contribution in [2.75, 3.05) is 0 Å². The van der Waals surface area contributed by atoms with Crippen molar-refractivity contribution in [3.63, 3.8) is 0 Å². The molecule has 4 heteroatoms. The smallest absolute Gasteiger partial charge is 0.215 e. The Balaban J connectivity index is 2.22. The maximum Gasteiger partial charge on any atom is 0.215 e. The number of nitrogens with zero attached hydrogens (tertiary/aromatic N) is 1. The molecule has 0 fully saturated rings. The van der Waals surface area contributed by atoms with Crippen LogP contribution in [0.15, 0.2) is 36.5 Å². The molecular weight excluding hydrogens is 221 g/mol. The summed E-state index contributed by atoms with van der Waals surface area (Å²) in [6.45, 7) is 0.271. The van der Waals surface area contributed by atoms with E-state index in [1.165, 1.54) is 18.2 Å². The molecule has 84 valence electrons. The maximum atomic E-state index is 13.1. The van der Waals surface area contributed by atoms with Crippen LogP contribution < -0.4 is 4.74 Å². The molecule has 1 aromatic heterocycles. The number of ketones is 1. The van der Waals surface area contributed by atoms with Crippen LogP contribution in [0.5, 0.6) is 5.75 Å². The number of fused-ring (bicyclic) bond motifs is 2. The Labute approximate surface area is 96.9 Å². The van der Waals surface area contributed by atoms with Crippen LogP contribution in [0.4, 0.5) is 4.39 Å². The van der Waals surface area contributed by atoms with E-state index in [1.54, 1.807) is 18.3 Å². The van der Waals surface area contributed by atoms with Crippen molar-refractivity contribution in [2.24, 2.45) is 0 Å². The molecule has 1 aliphatic heterocycles. The van der Waals surface area contributed by atoms with Crippen molar-refractivity contribution in [1.29, 1.82) is 0 Å². The van der Waals surface area contributed by atoms with E-state index in [0.717, 1.165) is 0 Å². The van der Waals surface area contributed by atoms with Gasteiger partial charge < -0.3 is 4.74 Å². The van der Waals surface area contributed by atoms with Gasteiger partial charge in [0.2, 0.25) is 5.78 Å². The standard InChI is InChI=1S/C13H8FNO2/c14-9-3-4-11-10(6-9)13(16)12-8(7-17-11)2-1-5-15-12/h1-6H,7H2. The molecule has 0 saturated heterocycles. The van der Waals surface area contributed by atoms with E-state index >= 15 is 0 Å². The number of carbonyl (C=O) groups is 1. The predicted octanol–water partition coefficient (Wildman–Crippen LogP) is 2.34. The van der Waals surface area contributed by atoms with Gasteiger partial charge in [0, 0.05) is 11.8 Å². The number of carbonyl (C=O) groups excluding carboxylic acids is 1. The van der Waals surface area contributed by atoms with Crippen LogP contribution in [0.2, 0.25) is 0 Å². The van der Waals surface area contributed by atoms with Gasteiger partial charge in [-0.3, -0.25) is 9.78 Å². The van der Waals surface area contributed by atoms with E-state index in [-0.39, 0.29) is 18.0 Å². The van der Waals surface area contributed by atoms with Gasteiger partial charge >= 0.3 is 0 Å². The third-order valence-corrected chi connectivity index (χ3v) is 2.68. The molecule has 0 N–H and O–H groups in total. The Bertz CT molecular complexity index is 610. The second kappa shape index (κ2) is 3.66. The minimum atomic E-state index is -0.458. The summed E-state index contributed by atoms with van der Waals surface area (Å²) in [4.78, 5) is 16.2. The third-order valence-electron chi connectivity index (χ3n) is 2.68. The molecule has 0 spiro atoms. The van der Waals surface area contributed by atoms with Crippen molar-refractivity contribution < 1.29 is 13.9 Å². The monoisotopic (exact) mass is 229 g/mol. The first-order chi connectivity index (χ1) is 8.25. The zero-order chi connectivity index (χ0) is 11.8. The second-order valence-corrected chi connectivity index (χ2v) is 3.77. The van der Waals surface area contributed by atoms with Crippen LogP contribution in [0, 0.1) is 5.82 Å². The van der Waals surface area contributed by atoms with E-state index in [4.69, 9.17) is 4.74 Å². The normalized spacial score (nSPS) is 13.4. The topological polar surface area (TPSA) is 39.2 Å². The average Bonchev–Trinajstić information content (AvgIpc) is 2.49. The van der Waals surface area contributed by atoms with Crippen molar-refractivity contribution >= 4 is 5.78 Å². The van der Waals surface area contributed by atoms with E-state index in [0.29, 0.717) is 17.0 Å². The number of pyridine rings is 1. The van der Waals surface area contributed by atoms with Gasteiger partial charge in [-0.1, -0.05) is 6.07 Å². The Hall–Kier alpha value is -2.23. The Morgan fingerprint density at radius 1 is 1.29 bits per heavy atom. The molecule has 1 aliphatic rings. The Morgan fingerprint density at radius 3 is 3.06 bits per heavy atom. The quantitative estimate of drug-likeness (QED) is 0.696. The number of halogens is 1. The maximum absolute atomic E-state index is 13.1. The van der Waals surface area contributed by atoms with Gasteiger partial charge in [0.05, 0.1) is 5.56 Å². The SMILES string of the molecule is O=C1c2cc(F)ccc2OCc2cccnc21. The van der Waals surface area contributed by atoms with Crippen LogP contribution >= 0.6 is 0 Å². The molecule has 1 aromatic carbocycles. The minimum Gasteiger partial charge on any atom is -0.488 e. The average molecular weight is 229 g/mol. The molecular formula is C13H8FNO2. The number of hydrogen-bond acceptors (Lipinski definition) is 3. The molecule has 2 aromatic rings. The Morgan fingerprint density at radius 2 is 2.18 bits per heavy atom. The highest BCUT2D eigenvalue weighted by molar-refractivity contribution is 6.10. The lowest BCUT2D eigenvalue weighted by Crippen LogP contribution is -2.05. The molecule has 0 saturated carbocycles. The van der Waals surface area contributed by atoms with Crippen molar-refractivity contribution in [3.05, 3.63) is 59.2 Å². The fourth-order valence-corrected chi connectivity index (χ4v) is 1.85. The van der Waals surface area contributed by atoms with E-state index in [1.807, 2.05) is 0 Å². The van der Waals surface area contributed by atoms with Gasteiger partial charge in [-0.15, -0.1) is 0 Å². The van der Waals surface area contributed by atoms with Crippen molar-refractivity contribution in [2.45, 2.75) is 6.61 Å². The summed E-state index contributed by atoms with van der Waals surface area (Å²) >= 11 is 0. The first-order valence-electron chi connectivity index (χ1n) is 5.16. The zero-order valence-electron chi connectivity index (χ0n) is 8.81. The molecule has 0 amide bonds. The summed E-state index contributed by atoms with van der Waals surface area (Å²) in [5.74, 6) is -0.359. The van der Waals surface area contributed by atoms with Crippen LogP contribution in [0.25, 0.3) is 0 Å². The first-order valence-corrected chi connectivity index (χ1v) is 5.16. The molecule has 2 heterocycles. The van der Waals surface area contributed by atoms with Crippen LogP contribution in [0.1, 0.15) is 21.6 Å². The summed E-state index contributed by atoms with van der Waals surface area (Å²) in [6.07, 6.45) is 1.54. The summed E-state index contributed by atoms with van der Waals surface area (Å²) in [6, 6.07) is 7.44. The molecule has 0 bridgehead atoms. The lowest BCUT2D eigenvalue weighted by molar-refractivity contribution is 0.103. The van der Waals surface area contributed by atoms with Gasteiger partial charge in [-0.2, -0.15) is 0 Å². The number of ether oxygens (including phenoxy) is 1. The second-order valence-electron chi connectivity index (χ2n) is 3.77. The van der Waals surface area contributed by atoms with Gasteiger partial charge in [-0.05, 0) is 24.3 Å². The van der Waals surface area contributed by atoms with E-state index < -0.39 is 5.82 Å². The molecule has 0 radical (unpaired) electrons. The predicted molar refractivity (Wildman–Crippen MR) is 58.4 cm³/mol. The van der Waals surface area contributed by atoms with Gasteiger partial charge in [0.1, 0.15) is 23.9 Å². The Kier molecular flexibility index (Phi) is 2.14. The zero-order valence-corrected chi connectivity index (χ0v) is 8.81. The summed E-state index contributed by atoms with van der Waals surface area (Å²) in [7, 11) is 0. The lowest BCUT2D eigenvalue weighted by Gasteiger charge is -2.04. The number of aromatic nitrogens is 1. The summed E-state index contributed by atoms with van der Waals surface area (Å²) in [5, 5.41) is 0. The highest BCUT2D eigenvalue weighted by Crippen LogP contribution is 2.27. The molecule has 0 atom stereocenters.